The number of hydrogen-bond acceptors (Lipinski definition) is 6. The number of anilines is 2. The van der Waals surface area contributed by atoms with Crippen LogP contribution in [0.5, 0.6) is 5.75 Å². The van der Waals surface area contributed by atoms with Crippen molar-refractivity contribution in [1.29, 1.82) is 0 Å². The third kappa shape index (κ3) is 2.76. The lowest BCUT2D eigenvalue weighted by atomic mass is 10.2. The summed E-state index contributed by atoms with van der Waals surface area (Å²) in [6.45, 7) is -0.423. The summed E-state index contributed by atoms with van der Waals surface area (Å²) in [5.74, 6) is -0.464. The molecular formula is C17H16N2O6S. The van der Waals surface area contributed by atoms with Gasteiger partial charge in [-0.3, -0.25) is 9.69 Å². The molecule has 0 fully saturated rings. The number of carbonyl (C=O) groups excluding carboxylic acids is 2. The number of urea groups is 1. The number of carbonyl (C=O) groups is 2. The van der Waals surface area contributed by atoms with Gasteiger partial charge in [0.05, 0.1) is 19.9 Å². The maximum atomic E-state index is 13.1. The summed E-state index contributed by atoms with van der Waals surface area (Å²) in [6.07, 6.45) is 0. The van der Waals surface area contributed by atoms with Gasteiger partial charge in [0, 0.05) is 0 Å². The zero-order valence-corrected chi connectivity index (χ0v) is 14.9. The third-order valence-electron chi connectivity index (χ3n) is 3.90. The Morgan fingerprint density at radius 1 is 1.00 bits per heavy atom. The van der Waals surface area contributed by atoms with Crippen LogP contribution in [0.25, 0.3) is 0 Å². The predicted molar refractivity (Wildman–Crippen MR) is 93.9 cm³/mol. The van der Waals surface area contributed by atoms with Gasteiger partial charge < -0.3 is 9.47 Å². The highest BCUT2D eigenvalue weighted by atomic mass is 32.2. The Hall–Kier alpha value is -3.07. The van der Waals surface area contributed by atoms with Crippen LogP contribution in [0.1, 0.15) is 0 Å². The zero-order chi connectivity index (χ0) is 18.9. The maximum absolute atomic E-state index is 13.1. The van der Waals surface area contributed by atoms with Gasteiger partial charge in [0.1, 0.15) is 22.9 Å². The van der Waals surface area contributed by atoms with Crippen molar-refractivity contribution in [2.75, 3.05) is 30.0 Å². The van der Waals surface area contributed by atoms with Crippen LogP contribution >= 0.6 is 0 Å². The van der Waals surface area contributed by atoms with E-state index in [0.29, 0.717) is 4.31 Å². The molecular weight excluding hydrogens is 360 g/mol. The van der Waals surface area contributed by atoms with Crippen molar-refractivity contribution in [3.63, 3.8) is 0 Å². The second-order valence-electron chi connectivity index (χ2n) is 5.35. The summed E-state index contributed by atoms with van der Waals surface area (Å²) in [5, 5.41) is 0. The Kier molecular flexibility index (Phi) is 4.56. The van der Waals surface area contributed by atoms with Crippen LogP contribution in [-0.4, -0.2) is 41.2 Å². The molecule has 1 heterocycles. The minimum atomic E-state index is -4.18. The average Bonchev–Trinajstić information content (AvgIpc) is 2.65. The van der Waals surface area contributed by atoms with E-state index >= 15 is 0 Å². The lowest BCUT2D eigenvalue weighted by molar-refractivity contribution is -0.138. The normalized spacial score (nSPS) is 15.4. The van der Waals surface area contributed by atoms with Crippen molar-refractivity contribution in [1.82, 2.24) is 0 Å². The van der Waals surface area contributed by atoms with Crippen LogP contribution in [-0.2, 0) is 19.6 Å². The monoisotopic (exact) mass is 376 g/mol. The number of rotatable bonds is 4. The Labute approximate surface area is 150 Å². The Morgan fingerprint density at radius 2 is 1.62 bits per heavy atom. The number of hydrogen-bond donors (Lipinski definition) is 0. The van der Waals surface area contributed by atoms with Gasteiger partial charge in [-0.25, -0.2) is 13.2 Å². The first-order chi connectivity index (χ1) is 12.4. The molecule has 26 heavy (non-hydrogen) atoms. The quantitative estimate of drug-likeness (QED) is 0.758. The molecule has 0 unspecified atom stereocenters. The van der Waals surface area contributed by atoms with E-state index < -0.39 is 28.6 Å². The molecule has 2 amide bonds. The number of benzene rings is 2. The fraction of sp³-hybridized carbons (Fsp3) is 0.176. The van der Waals surface area contributed by atoms with Crippen molar-refractivity contribution in [2.24, 2.45) is 0 Å². The number of sulfonamides is 1. The molecule has 9 heteroatoms. The SMILES string of the molecule is COC(=O)CN1C(=O)N(c2ccccc2OC)S(=O)(=O)c2ccccc21. The molecule has 0 spiro atoms. The molecule has 136 valence electrons. The highest BCUT2D eigenvalue weighted by Crippen LogP contribution is 2.40. The van der Waals surface area contributed by atoms with Crippen LogP contribution in [0.2, 0.25) is 0 Å². The van der Waals surface area contributed by atoms with E-state index in [1.54, 1.807) is 30.3 Å². The standard InChI is InChI=1S/C17H16N2O6S/c1-24-14-9-5-3-7-12(14)19-17(21)18(11-16(20)25-2)13-8-4-6-10-15(13)26(19,22)23/h3-10H,11H2,1-2H3. The topological polar surface area (TPSA) is 93.2 Å². The summed E-state index contributed by atoms with van der Waals surface area (Å²) >= 11 is 0. The number of para-hydroxylation sites is 3. The highest BCUT2D eigenvalue weighted by molar-refractivity contribution is 7.94. The molecule has 1 aliphatic heterocycles. The second kappa shape index (κ2) is 6.68. The first-order valence-corrected chi connectivity index (χ1v) is 9.01. The van der Waals surface area contributed by atoms with Crippen molar-refractivity contribution in [3.8, 4) is 5.75 Å². The number of amides is 2. The number of nitrogens with zero attached hydrogens (tertiary/aromatic N) is 2. The van der Waals surface area contributed by atoms with E-state index in [4.69, 9.17) is 4.74 Å². The smallest absolute Gasteiger partial charge is 0.343 e. The number of ether oxygens (including phenoxy) is 2. The molecule has 8 nitrogen and oxygen atoms in total. The van der Waals surface area contributed by atoms with E-state index in [-0.39, 0.29) is 22.0 Å². The zero-order valence-electron chi connectivity index (χ0n) is 14.1. The molecule has 0 radical (unpaired) electrons. The second-order valence-corrected chi connectivity index (χ2v) is 7.11. The summed E-state index contributed by atoms with van der Waals surface area (Å²) in [7, 11) is -1.62. The molecule has 1 aliphatic rings. The van der Waals surface area contributed by atoms with Gasteiger partial charge in [0.15, 0.2) is 0 Å². The molecule has 0 aromatic heterocycles. The first-order valence-electron chi connectivity index (χ1n) is 7.57. The van der Waals surface area contributed by atoms with Crippen LogP contribution in [0.4, 0.5) is 16.2 Å². The largest absolute Gasteiger partial charge is 0.495 e. The molecule has 0 saturated carbocycles. The van der Waals surface area contributed by atoms with Crippen LogP contribution in [0.3, 0.4) is 0 Å². The Balaban J connectivity index is 2.23. The third-order valence-corrected chi connectivity index (χ3v) is 5.63. The van der Waals surface area contributed by atoms with E-state index in [9.17, 15) is 18.0 Å². The summed E-state index contributed by atoms with van der Waals surface area (Å²) in [6, 6.07) is 11.3. The van der Waals surface area contributed by atoms with E-state index in [1.165, 1.54) is 32.4 Å². The first kappa shape index (κ1) is 17.7. The number of methoxy groups -OCH3 is 2. The molecule has 3 rings (SSSR count). The molecule has 0 aliphatic carbocycles. The molecule has 0 saturated heterocycles. The maximum Gasteiger partial charge on any atom is 0.343 e. The van der Waals surface area contributed by atoms with Crippen LogP contribution in [0, 0.1) is 0 Å². The van der Waals surface area contributed by atoms with E-state index in [1.807, 2.05) is 0 Å². The summed E-state index contributed by atoms with van der Waals surface area (Å²) < 4.78 is 36.6. The highest BCUT2D eigenvalue weighted by Gasteiger charge is 2.44. The molecule has 2 aromatic rings. The fourth-order valence-corrected chi connectivity index (χ4v) is 4.29. The number of esters is 1. The fourth-order valence-electron chi connectivity index (χ4n) is 2.69. The van der Waals surface area contributed by atoms with Crippen LogP contribution in [0.15, 0.2) is 53.4 Å². The minimum Gasteiger partial charge on any atom is -0.495 e. The Bertz CT molecular complexity index is 973. The molecule has 0 bridgehead atoms. The lowest BCUT2D eigenvalue weighted by Crippen LogP contribution is -2.52. The van der Waals surface area contributed by atoms with Crippen molar-refractivity contribution < 1.29 is 27.5 Å². The number of fused-ring (bicyclic) bond motifs is 1. The molecule has 0 N–H and O–H groups in total. The minimum absolute atomic E-state index is 0.0596. The van der Waals surface area contributed by atoms with Crippen molar-refractivity contribution in [3.05, 3.63) is 48.5 Å². The predicted octanol–water partition coefficient (Wildman–Crippen LogP) is 2.00. The van der Waals surface area contributed by atoms with Gasteiger partial charge in [0.2, 0.25) is 0 Å². The van der Waals surface area contributed by atoms with Crippen molar-refractivity contribution in [2.45, 2.75) is 4.90 Å². The Morgan fingerprint density at radius 3 is 2.27 bits per heavy atom. The lowest BCUT2D eigenvalue weighted by Gasteiger charge is -2.35. The van der Waals surface area contributed by atoms with Gasteiger partial charge in [-0.15, -0.1) is 0 Å². The van der Waals surface area contributed by atoms with Gasteiger partial charge in [-0.2, -0.15) is 4.31 Å². The summed E-state index contributed by atoms with van der Waals surface area (Å²) in [5.41, 5.74) is 0.179. The van der Waals surface area contributed by atoms with E-state index in [0.717, 1.165) is 4.90 Å². The van der Waals surface area contributed by atoms with Crippen LogP contribution < -0.4 is 13.9 Å². The summed E-state index contributed by atoms with van der Waals surface area (Å²) in [4.78, 5) is 25.8. The van der Waals surface area contributed by atoms with Gasteiger partial charge >= 0.3 is 12.0 Å². The van der Waals surface area contributed by atoms with Gasteiger partial charge in [-0.1, -0.05) is 24.3 Å². The molecule has 0 atom stereocenters. The van der Waals surface area contributed by atoms with E-state index in [2.05, 4.69) is 4.74 Å². The van der Waals surface area contributed by atoms with Crippen molar-refractivity contribution >= 4 is 33.4 Å². The molecule has 2 aromatic carbocycles. The van der Waals surface area contributed by atoms with Gasteiger partial charge in [0.25, 0.3) is 10.0 Å². The van der Waals surface area contributed by atoms with Gasteiger partial charge in [-0.05, 0) is 24.3 Å². The average molecular weight is 376 g/mol.